The summed E-state index contributed by atoms with van der Waals surface area (Å²) >= 11 is 0. The minimum atomic E-state index is -0.603. The van der Waals surface area contributed by atoms with Crippen molar-refractivity contribution in [1.29, 1.82) is 0 Å². The van der Waals surface area contributed by atoms with Gasteiger partial charge in [-0.1, -0.05) is 30.3 Å². The lowest BCUT2D eigenvalue weighted by Crippen LogP contribution is -2.16. The van der Waals surface area contributed by atoms with E-state index < -0.39 is 11.6 Å². The van der Waals surface area contributed by atoms with E-state index in [1.54, 1.807) is 24.3 Å². The van der Waals surface area contributed by atoms with E-state index in [1.807, 2.05) is 55.4 Å². The quantitative estimate of drug-likeness (QED) is 0.407. The maximum absolute atomic E-state index is 12.2. The molecule has 1 aliphatic rings. The monoisotopic (exact) mass is 360 g/mol. The number of rotatable bonds is 3. The third-order valence-corrected chi connectivity index (χ3v) is 4.21. The first-order chi connectivity index (χ1) is 13.0. The average molecular weight is 360 g/mol. The van der Waals surface area contributed by atoms with E-state index in [0.717, 1.165) is 16.6 Å². The number of hydrogen-bond donors (Lipinski definition) is 0. The van der Waals surface area contributed by atoms with Gasteiger partial charge in [-0.25, -0.2) is 14.6 Å². The van der Waals surface area contributed by atoms with Crippen molar-refractivity contribution in [1.82, 2.24) is 0 Å². The highest BCUT2D eigenvalue weighted by Gasteiger charge is 2.26. The summed E-state index contributed by atoms with van der Waals surface area (Å²) in [6.45, 7) is 0. The Kier molecular flexibility index (Phi) is 4.08. The number of carbonyl (C=O) groups excluding carboxylic acids is 1. The molecule has 134 valence electrons. The fourth-order valence-electron chi connectivity index (χ4n) is 2.76. The largest absolute Gasteiger partial charge is 0.422 e. The summed E-state index contributed by atoms with van der Waals surface area (Å²) in [6.07, 6.45) is 1.62. The molecule has 0 saturated carbocycles. The first kappa shape index (κ1) is 16.8. The molecule has 27 heavy (non-hydrogen) atoms. The van der Waals surface area contributed by atoms with Gasteiger partial charge >= 0.3 is 11.6 Å². The number of esters is 1. The second-order valence-electron chi connectivity index (χ2n) is 6.31. The van der Waals surface area contributed by atoms with Gasteiger partial charge in [0.1, 0.15) is 11.1 Å². The molecule has 0 bridgehead atoms. The van der Waals surface area contributed by atoms with Gasteiger partial charge in [0, 0.05) is 25.2 Å². The Hall–Kier alpha value is -3.67. The summed E-state index contributed by atoms with van der Waals surface area (Å²) in [4.78, 5) is 30.6. The number of benzene rings is 2. The van der Waals surface area contributed by atoms with E-state index in [0.29, 0.717) is 5.58 Å². The molecule has 2 heterocycles. The van der Waals surface area contributed by atoms with Crippen LogP contribution in [0.15, 0.2) is 74.5 Å². The Labute approximate surface area is 155 Å². The maximum atomic E-state index is 12.2. The van der Waals surface area contributed by atoms with Crippen molar-refractivity contribution in [2.24, 2.45) is 4.99 Å². The van der Waals surface area contributed by atoms with Crippen molar-refractivity contribution in [3.8, 4) is 0 Å². The Morgan fingerprint density at radius 1 is 1.00 bits per heavy atom. The van der Waals surface area contributed by atoms with Gasteiger partial charge in [-0.2, -0.15) is 0 Å². The van der Waals surface area contributed by atoms with E-state index in [-0.39, 0.29) is 17.2 Å². The number of anilines is 1. The molecule has 0 fully saturated rings. The number of carbonyl (C=O) groups is 1. The molecule has 1 aromatic heterocycles. The molecule has 0 saturated heterocycles. The van der Waals surface area contributed by atoms with E-state index in [9.17, 15) is 9.59 Å². The molecule has 0 atom stereocenters. The zero-order valence-electron chi connectivity index (χ0n) is 14.8. The Balaban J connectivity index is 1.71. The van der Waals surface area contributed by atoms with Crippen LogP contribution in [-0.4, -0.2) is 26.0 Å². The molecule has 0 amide bonds. The highest BCUT2D eigenvalue weighted by molar-refractivity contribution is 6.13. The zero-order valence-corrected chi connectivity index (χ0v) is 14.8. The molecule has 1 aliphatic heterocycles. The minimum Gasteiger partial charge on any atom is -0.422 e. The summed E-state index contributed by atoms with van der Waals surface area (Å²) in [5.74, 6) is -0.648. The molecule has 6 heteroatoms. The fraction of sp³-hybridized carbons (Fsp3) is 0.0952. The smallest absolute Gasteiger partial charge is 0.363 e. The molecule has 3 aromatic rings. The third kappa shape index (κ3) is 3.25. The van der Waals surface area contributed by atoms with Gasteiger partial charge in [0.2, 0.25) is 5.90 Å². The first-order valence-electron chi connectivity index (χ1n) is 8.34. The summed E-state index contributed by atoms with van der Waals surface area (Å²) in [6, 6.07) is 16.4. The SMILES string of the molecule is CN(C)c1ccc(C=C2N=C(c3cc4ccccc4oc3=O)OC2=O)cc1. The van der Waals surface area contributed by atoms with Gasteiger partial charge < -0.3 is 14.1 Å². The second-order valence-corrected chi connectivity index (χ2v) is 6.31. The van der Waals surface area contributed by atoms with Crippen LogP contribution >= 0.6 is 0 Å². The second kappa shape index (κ2) is 6.57. The number of aliphatic imine (C=N–C) groups is 1. The third-order valence-electron chi connectivity index (χ3n) is 4.21. The van der Waals surface area contributed by atoms with Crippen molar-refractivity contribution in [3.63, 3.8) is 0 Å². The van der Waals surface area contributed by atoms with Crippen LogP contribution < -0.4 is 10.5 Å². The number of ether oxygens (including phenoxy) is 1. The zero-order chi connectivity index (χ0) is 19.0. The number of para-hydroxylation sites is 1. The van der Waals surface area contributed by atoms with Crippen LogP contribution in [0.2, 0.25) is 0 Å². The summed E-state index contributed by atoms with van der Waals surface area (Å²) in [5, 5.41) is 0.725. The fourth-order valence-corrected chi connectivity index (χ4v) is 2.76. The van der Waals surface area contributed by atoms with Crippen molar-refractivity contribution >= 4 is 34.6 Å². The average Bonchev–Trinajstić information content (AvgIpc) is 3.02. The van der Waals surface area contributed by atoms with Gasteiger partial charge in [-0.15, -0.1) is 0 Å². The Morgan fingerprint density at radius 2 is 1.74 bits per heavy atom. The number of hydrogen-bond acceptors (Lipinski definition) is 6. The standard InChI is InChI=1S/C21H16N2O4/c1-23(2)15-9-7-13(8-10-15)11-17-21(25)27-19(22-17)16-12-14-5-3-4-6-18(14)26-20(16)24/h3-12H,1-2H3. The topological polar surface area (TPSA) is 72.1 Å². The van der Waals surface area contributed by atoms with Crippen LogP contribution in [0.1, 0.15) is 11.1 Å². The molecular weight excluding hydrogens is 344 g/mol. The Morgan fingerprint density at radius 3 is 2.48 bits per heavy atom. The lowest BCUT2D eigenvalue weighted by molar-refractivity contribution is -0.129. The van der Waals surface area contributed by atoms with Gasteiger partial charge in [0.15, 0.2) is 5.70 Å². The molecule has 0 radical (unpaired) electrons. The van der Waals surface area contributed by atoms with Crippen molar-refractivity contribution < 1.29 is 13.9 Å². The molecular formula is C21H16N2O4. The van der Waals surface area contributed by atoms with Crippen LogP contribution in [0, 0.1) is 0 Å². The predicted octanol–water partition coefficient (Wildman–Crippen LogP) is 3.20. The lowest BCUT2D eigenvalue weighted by Gasteiger charge is -2.11. The van der Waals surface area contributed by atoms with Crippen LogP contribution in [0.4, 0.5) is 5.69 Å². The molecule has 0 unspecified atom stereocenters. The predicted molar refractivity (Wildman–Crippen MR) is 104 cm³/mol. The lowest BCUT2D eigenvalue weighted by atomic mass is 10.1. The van der Waals surface area contributed by atoms with E-state index >= 15 is 0 Å². The Bertz CT molecular complexity index is 1150. The normalized spacial score (nSPS) is 15.1. The van der Waals surface area contributed by atoms with Crippen LogP contribution in [-0.2, 0) is 9.53 Å². The molecule has 0 N–H and O–H groups in total. The minimum absolute atomic E-state index is 0.0457. The molecule has 2 aromatic carbocycles. The first-order valence-corrected chi connectivity index (χ1v) is 8.34. The molecule has 6 nitrogen and oxygen atoms in total. The van der Waals surface area contributed by atoms with E-state index in [1.165, 1.54) is 0 Å². The maximum Gasteiger partial charge on any atom is 0.363 e. The number of fused-ring (bicyclic) bond motifs is 1. The van der Waals surface area contributed by atoms with Gasteiger partial charge in [-0.05, 0) is 35.9 Å². The summed E-state index contributed by atoms with van der Waals surface area (Å²) in [5.41, 5.74) is 1.97. The highest BCUT2D eigenvalue weighted by Crippen LogP contribution is 2.21. The van der Waals surface area contributed by atoms with Crippen LogP contribution in [0.5, 0.6) is 0 Å². The molecule has 0 spiro atoms. The van der Waals surface area contributed by atoms with Crippen molar-refractivity contribution in [2.75, 3.05) is 19.0 Å². The number of nitrogens with zero attached hydrogens (tertiary/aromatic N) is 2. The van der Waals surface area contributed by atoms with E-state index in [4.69, 9.17) is 9.15 Å². The van der Waals surface area contributed by atoms with Gasteiger partial charge in [0.05, 0.1) is 0 Å². The highest BCUT2D eigenvalue weighted by atomic mass is 16.6. The molecule has 0 aliphatic carbocycles. The van der Waals surface area contributed by atoms with Gasteiger partial charge in [-0.3, -0.25) is 0 Å². The van der Waals surface area contributed by atoms with Gasteiger partial charge in [0.25, 0.3) is 0 Å². The summed E-state index contributed by atoms with van der Waals surface area (Å²) in [7, 11) is 3.90. The van der Waals surface area contributed by atoms with Crippen LogP contribution in [0.3, 0.4) is 0 Å². The van der Waals surface area contributed by atoms with Crippen molar-refractivity contribution in [2.45, 2.75) is 0 Å². The molecule has 4 rings (SSSR count). The van der Waals surface area contributed by atoms with E-state index in [2.05, 4.69) is 4.99 Å². The van der Waals surface area contributed by atoms with Crippen LogP contribution in [0.25, 0.3) is 17.0 Å². The number of cyclic esters (lactones) is 1. The van der Waals surface area contributed by atoms with Crippen molar-refractivity contribution in [3.05, 3.63) is 81.8 Å². The summed E-state index contributed by atoms with van der Waals surface area (Å²) < 4.78 is 10.5.